The third-order valence-corrected chi connectivity index (χ3v) is 2.77. The molecule has 0 heterocycles. The minimum Gasteiger partial charge on any atom is -0.388 e. The van der Waals surface area contributed by atoms with Crippen LogP contribution in [0.2, 0.25) is 0 Å². The van der Waals surface area contributed by atoms with Crippen LogP contribution in [0.15, 0.2) is 6.07 Å². The fraction of sp³-hybridized carbons (Fsp3) is 0.462. The van der Waals surface area contributed by atoms with E-state index in [1.807, 2.05) is 6.92 Å². The summed E-state index contributed by atoms with van der Waals surface area (Å²) in [6.45, 7) is 3.05. The van der Waals surface area contributed by atoms with Crippen molar-refractivity contribution in [2.75, 3.05) is 6.54 Å². The van der Waals surface area contributed by atoms with Crippen molar-refractivity contribution in [3.8, 4) is 0 Å². The van der Waals surface area contributed by atoms with Gasteiger partial charge >= 0.3 is 0 Å². The Hall–Kier alpha value is -1.63. The minimum atomic E-state index is -2.05. The highest BCUT2D eigenvalue weighted by Gasteiger charge is 2.25. The van der Waals surface area contributed by atoms with Gasteiger partial charge in [-0.3, -0.25) is 4.79 Å². The minimum absolute atomic E-state index is 0.222. The molecular weight excluding hydrogens is 278 g/mol. The molecule has 1 aromatic carbocycles. The monoisotopic (exact) mass is 293 g/mol. The van der Waals surface area contributed by atoms with E-state index in [0.717, 1.165) is 0 Å². The van der Waals surface area contributed by atoms with Crippen LogP contribution in [0.25, 0.3) is 0 Å². The smallest absolute Gasteiger partial charge is 0.254 e. The molecule has 1 atom stereocenters. The zero-order valence-corrected chi connectivity index (χ0v) is 11.1. The van der Waals surface area contributed by atoms with E-state index in [1.165, 1.54) is 6.92 Å². The Balaban J connectivity index is 2.89. The lowest BCUT2D eigenvalue weighted by molar-refractivity contribution is 0.0468. The first-order valence-electron chi connectivity index (χ1n) is 6.03. The Bertz CT molecular complexity index is 518. The molecule has 112 valence electrons. The lowest BCUT2D eigenvalue weighted by Crippen LogP contribution is -2.40. The molecule has 1 amide bonds. The summed E-state index contributed by atoms with van der Waals surface area (Å²) in [5, 5.41) is 12.0. The van der Waals surface area contributed by atoms with E-state index in [9.17, 15) is 27.5 Å². The molecule has 1 rings (SSSR count). The number of carbonyl (C=O) groups excluding carboxylic acids is 1. The van der Waals surface area contributed by atoms with Crippen LogP contribution >= 0.6 is 0 Å². The van der Waals surface area contributed by atoms with Crippen molar-refractivity contribution in [3.05, 3.63) is 34.9 Å². The van der Waals surface area contributed by atoms with Gasteiger partial charge < -0.3 is 10.4 Å². The Morgan fingerprint density at radius 1 is 1.25 bits per heavy atom. The van der Waals surface area contributed by atoms with Gasteiger partial charge in [0.05, 0.1) is 11.2 Å². The Morgan fingerprint density at radius 3 is 2.40 bits per heavy atom. The summed E-state index contributed by atoms with van der Waals surface area (Å²) in [7, 11) is 0. The number of rotatable bonds is 5. The largest absolute Gasteiger partial charge is 0.388 e. The quantitative estimate of drug-likeness (QED) is 0.498. The summed E-state index contributed by atoms with van der Waals surface area (Å²) in [4.78, 5) is 11.6. The SMILES string of the molecule is CCCC(C)(O)CNC(=O)c1cc(F)c(F)c(F)c1F. The lowest BCUT2D eigenvalue weighted by Gasteiger charge is -2.23. The molecule has 0 fully saturated rings. The average Bonchev–Trinajstić information content (AvgIpc) is 2.38. The van der Waals surface area contributed by atoms with Gasteiger partial charge in [0.15, 0.2) is 23.3 Å². The Kier molecular flexibility index (Phi) is 5.10. The number of carbonyl (C=O) groups is 1. The van der Waals surface area contributed by atoms with Crippen molar-refractivity contribution in [3.63, 3.8) is 0 Å². The molecule has 0 radical (unpaired) electrons. The molecule has 3 nitrogen and oxygen atoms in total. The number of hydrogen-bond donors (Lipinski definition) is 2. The second-order valence-corrected chi connectivity index (χ2v) is 4.78. The predicted molar refractivity (Wildman–Crippen MR) is 64.1 cm³/mol. The molecular formula is C13H15F4NO2. The lowest BCUT2D eigenvalue weighted by atomic mass is 10.0. The second-order valence-electron chi connectivity index (χ2n) is 4.78. The molecule has 2 N–H and O–H groups in total. The standard InChI is InChI=1S/C13H15F4NO2/c1-3-4-13(2,20)6-18-12(19)7-5-8(14)10(16)11(17)9(7)15/h5,20H,3-4,6H2,1-2H3,(H,18,19). The zero-order valence-electron chi connectivity index (χ0n) is 11.1. The van der Waals surface area contributed by atoms with Gasteiger partial charge in [0.1, 0.15) is 0 Å². The fourth-order valence-electron chi connectivity index (χ4n) is 1.73. The highest BCUT2D eigenvalue weighted by atomic mass is 19.2. The van der Waals surface area contributed by atoms with Crippen LogP contribution in [-0.4, -0.2) is 23.2 Å². The molecule has 0 aromatic heterocycles. The molecule has 7 heteroatoms. The van der Waals surface area contributed by atoms with Crippen molar-refractivity contribution in [1.29, 1.82) is 0 Å². The van der Waals surface area contributed by atoms with E-state index in [1.54, 1.807) is 0 Å². The maximum Gasteiger partial charge on any atom is 0.254 e. The maximum absolute atomic E-state index is 13.4. The second kappa shape index (κ2) is 6.21. The number of hydrogen-bond acceptors (Lipinski definition) is 2. The van der Waals surface area contributed by atoms with Crippen molar-refractivity contribution >= 4 is 5.91 Å². The first-order chi connectivity index (χ1) is 9.19. The molecule has 20 heavy (non-hydrogen) atoms. The first-order valence-corrected chi connectivity index (χ1v) is 6.03. The maximum atomic E-state index is 13.4. The number of benzene rings is 1. The van der Waals surface area contributed by atoms with Crippen LogP contribution in [-0.2, 0) is 0 Å². The molecule has 1 unspecified atom stereocenters. The molecule has 0 aliphatic carbocycles. The van der Waals surface area contributed by atoms with E-state index < -0.39 is 40.3 Å². The van der Waals surface area contributed by atoms with Gasteiger partial charge in [-0.15, -0.1) is 0 Å². The average molecular weight is 293 g/mol. The topological polar surface area (TPSA) is 49.3 Å². The third-order valence-electron chi connectivity index (χ3n) is 2.77. The highest BCUT2D eigenvalue weighted by Crippen LogP contribution is 2.19. The van der Waals surface area contributed by atoms with E-state index >= 15 is 0 Å². The van der Waals surface area contributed by atoms with E-state index in [-0.39, 0.29) is 12.6 Å². The van der Waals surface area contributed by atoms with E-state index in [0.29, 0.717) is 12.8 Å². The molecule has 0 saturated heterocycles. The number of nitrogens with one attached hydrogen (secondary N) is 1. The highest BCUT2D eigenvalue weighted by molar-refractivity contribution is 5.94. The zero-order chi connectivity index (χ0) is 15.5. The summed E-state index contributed by atoms with van der Waals surface area (Å²) in [5.74, 6) is -8.57. The van der Waals surface area contributed by atoms with Crippen molar-refractivity contribution < 1.29 is 27.5 Å². The summed E-state index contributed by atoms with van der Waals surface area (Å²) >= 11 is 0. The molecule has 0 aliphatic rings. The van der Waals surface area contributed by atoms with Gasteiger partial charge in [0.2, 0.25) is 0 Å². The van der Waals surface area contributed by atoms with Crippen molar-refractivity contribution in [2.24, 2.45) is 0 Å². The fourth-order valence-corrected chi connectivity index (χ4v) is 1.73. The normalized spacial score (nSPS) is 13.9. The summed E-state index contributed by atoms with van der Waals surface area (Å²) in [6.07, 6.45) is 1.03. The van der Waals surface area contributed by atoms with Crippen LogP contribution in [0.5, 0.6) is 0 Å². The van der Waals surface area contributed by atoms with Gasteiger partial charge in [-0.05, 0) is 19.4 Å². The van der Waals surface area contributed by atoms with Gasteiger partial charge in [0, 0.05) is 6.54 Å². The Morgan fingerprint density at radius 2 is 1.85 bits per heavy atom. The van der Waals surface area contributed by atoms with E-state index in [2.05, 4.69) is 5.32 Å². The van der Waals surface area contributed by atoms with Crippen molar-refractivity contribution in [1.82, 2.24) is 5.32 Å². The van der Waals surface area contributed by atoms with Crippen LogP contribution < -0.4 is 5.32 Å². The predicted octanol–water partition coefficient (Wildman–Crippen LogP) is 2.52. The third kappa shape index (κ3) is 3.69. The first kappa shape index (κ1) is 16.4. The summed E-state index contributed by atoms with van der Waals surface area (Å²) in [6, 6.07) is 0.275. The van der Waals surface area contributed by atoms with Crippen LogP contribution in [0.1, 0.15) is 37.0 Å². The number of aliphatic hydroxyl groups is 1. The molecule has 0 bridgehead atoms. The Labute approximate surface area is 113 Å². The van der Waals surface area contributed by atoms with Crippen molar-refractivity contribution in [2.45, 2.75) is 32.3 Å². The molecule has 0 aliphatic heterocycles. The van der Waals surface area contributed by atoms with Crippen LogP contribution in [0.3, 0.4) is 0 Å². The number of amides is 1. The van der Waals surface area contributed by atoms with Gasteiger partial charge in [-0.25, -0.2) is 17.6 Å². The van der Waals surface area contributed by atoms with Crippen LogP contribution in [0, 0.1) is 23.3 Å². The van der Waals surface area contributed by atoms with Gasteiger partial charge in [-0.2, -0.15) is 0 Å². The van der Waals surface area contributed by atoms with Gasteiger partial charge in [0.25, 0.3) is 5.91 Å². The summed E-state index contributed by atoms with van der Waals surface area (Å²) in [5.41, 5.74) is -2.17. The molecule has 0 spiro atoms. The van der Waals surface area contributed by atoms with Gasteiger partial charge in [-0.1, -0.05) is 13.3 Å². The molecule has 0 saturated carbocycles. The molecule has 1 aromatic rings. The van der Waals surface area contributed by atoms with Crippen LogP contribution in [0.4, 0.5) is 17.6 Å². The number of halogens is 4. The van der Waals surface area contributed by atoms with E-state index in [4.69, 9.17) is 0 Å². The summed E-state index contributed by atoms with van der Waals surface area (Å²) < 4.78 is 52.1.